The van der Waals surface area contributed by atoms with Gasteiger partial charge in [0.1, 0.15) is 6.10 Å². The molecule has 1 aliphatic carbocycles. The highest BCUT2D eigenvalue weighted by Crippen LogP contribution is 2.27. The molecule has 0 saturated carbocycles. The van der Waals surface area contributed by atoms with Crippen LogP contribution in [0.2, 0.25) is 0 Å². The van der Waals surface area contributed by atoms with E-state index in [0.717, 1.165) is 5.57 Å². The number of hydrogen-bond donors (Lipinski definition) is 3. The van der Waals surface area contributed by atoms with Crippen LogP contribution in [-0.2, 0) is 9.53 Å². The van der Waals surface area contributed by atoms with E-state index in [-0.39, 0.29) is 12.7 Å². The maximum absolute atomic E-state index is 12.1. The maximum Gasteiger partial charge on any atom is 0.471 e. The van der Waals surface area contributed by atoms with Crippen LogP contribution in [0.25, 0.3) is 0 Å². The zero-order valence-corrected chi connectivity index (χ0v) is 13.7. The normalized spacial score (nSPS) is 28.7. The van der Waals surface area contributed by atoms with Gasteiger partial charge < -0.3 is 20.3 Å². The van der Waals surface area contributed by atoms with Crippen LogP contribution in [-0.4, -0.2) is 53.8 Å². The minimum absolute atomic E-state index is 0.273. The first-order valence-corrected chi connectivity index (χ1v) is 7.86. The number of amides is 1. The summed E-state index contributed by atoms with van der Waals surface area (Å²) in [6, 6.07) is 0. The van der Waals surface area contributed by atoms with Gasteiger partial charge in [-0.25, -0.2) is 0 Å². The van der Waals surface area contributed by atoms with Gasteiger partial charge in [-0.2, -0.15) is 13.2 Å². The molecule has 2 aliphatic rings. The predicted molar refractivity (Wildman–Crippen MR) is 87.7 cm³/mol. The fourth-order valence-electron chi connectivity index (χ4n) is 2.40. The van der Waals surface area contributed by atoms with Crippen LogP contribution < -0.4 is 5.32 Å². The highest BCUT2D eigenvalue weighted by Gasteiger charge is 2.38. The van der Waals surface area contributed by atoms with Crippen molar-refractivity contribution in [1.29, 1.82) is 0 Å². The van der Waals surface area contributed by atoms with E-state index in [0.29, 0.717) is 12.0 Å². The Balaban J connectivity index is 1.96. The number of rotatable bonds is 3. The van der Waals surface area contributed by atoms with Crippen molar-refractivity contribution in [3.05, 3.63) is 47.6 Å². The number of hydrogen-bond acceptors (Lipinski definition) is 4. The maximum atomic E-state index is 12.1. The van der Waals surface area contributed by atoms with E-state index >= 15 is 0 Å². The minimum Gasteiger partial charge on any atom is -0.394 e. The Labute approximate surface area is 148 Å². The molecular formula is C18H18F3NO4. The first-order valence-electron chi connectivity index (χ1n) is 7.86. The third-order valence-electron chi connectivity index (χ3n) is 3.73. The summed E-state index contributed by atoms with van der Waals surface area (Å²) in [5.41, 5.74) is 1.30. The van der Waals surface area contributed by atoms with Crippen molar-refractivity contribution >= 4 is 5.91 Å². The van der Waals surface area contributed by atoms with Crippen LogP contribution in [0.4, 0.5) is 13.2 Å². The molecule has 26 heavy (non-hydrogen) atoms. The number of ether oxygens (including phenoxy) is 1. The molecule has 8 heteroatoms. The third kappa shape index (κ3) is 5.59. The van der Waals surface area contributed by atoms with Gasteiger partial charge in [0.2, 0.25) is 0 Å². The lowest BCUT2D eigenvalue weighted by Gasteiger charge is -2.13. The molecule has 0 radical (unpaired) electrons. The average molecular weight is 369 g/mol. The smallest absolute Gasteiger partial charge is 0.394 e. The van der Waals surface area contributed by atoms with Crippen molar-refractivity contribution < 1.29 is 32.9 Å². The summed E-state index contributed by atoms with van der Waals surface area (Å²) >= 11 is 0. The Kier molecular flexibility index (Phi) is 6.80. The van der Waals surface area contributed by atoms with E-state index in [9.17, 15) is 23.1 Å². The molecule has 3 atom stereocenters. The van der Waals surface area contributed by atoms with Gasteiger partial charge in [0, 0.05) is 12.0 Å². The van der Waals surface area contributed by atoms with Crippen molar-refractivity contribution in [2.45, 2.75) is 30.9 Å². The van der Waals surface area contributed by atoms with Crippen molar-refractivity contribution in [3.63, 3.8) is 0 Å². The van der Waals surface area contributed by atoms with E-state index in [4.69, 9.17) is 9.84 Å². The minimum atomic E-state index is -4.93. The SMILES string of the molecule is O=C(NCC#CC1=C/C=C\C=C(\[C@H]2CC(O)[C@@H](CO)O2)C=C1)C(F)(F)F. The number of carbonyl (C=O) groups is 1. The second-order valence-corrected chi connectivity index (χ2v) is 5.64. The zero-order chi connectivity index (χ0) is 19.2. The molecule has 1 unspecified atom stereocenters. The van der Waals surface area contributed by atoms with Crippen LogP contribution in [0, 0.1) is 11.8 Å². The molecule has 3 N–H and O–H groups in total. The van der Waals surface area contributed by atoms with Gasteiger partial charge in [0.05, 0.1) is 25.4 Å². The Bertz CT molecular complexity index is 710. The van der Waals surface area contributed by atoms with Gasteiger partial charge in [-0.05, 0) is 17.7 Å². The molecule has 1 saturated heterocycles. The van der Waals surface area contributed by atoms with Crippen LogP contribution >= 0.6 is 0 Å². The molecular weight excluding hydrogens is 351 g/mol. The largest absolute Gasteiger partial charge is 0.471 e. The summed E-state index contributed by atoms with van der Waals surface area (Å²) in [6.45, 7) is -0.698. The first kappa shape index (κ1) is 20.0. The Morgan fingerprint density at radius 1 is 1.31 bits per heavy atom. The monoisotopic (exact) mass is 369 g/mol. The van der Waals surface area contributed by atoms with Crippen LogP contribution in [0.1, 0.15) is 6.42 Å². The lowest BCUT2D eigenvalue weighted by Crippen LogP contribution is -2.36. The van der Waals surface area contributed by atoms with E-state index < -0.39 is 30.8 Å². The van der Waals surface area contributed by atoms with Gasteiger partial charge in [0.15, 0.2) is 0 Å². The van der Waals surface area contributed by atoms with Crippen LogP contribution in [0.5, 0.6) is 0 Å². The second kappa shape index (κ2) is 8.85. The summed E-state index contributed by atoms with van der Waals surface area (Å²) in [5.74, 6) is 3.09. The zero-order valence-electron chi connectivity index (χ0n) is 13.7. The molecule has 0 aromatic rings. The molecule has 1 amide bonds. The van der Waals surface area contributed by atoms with Gasteiger partial charge in [-0.3, -0.25) is 4.79 Å². The predicted octanol–water partition coefficient (Wildman–Crippen LogP) is 1.16. The van der Waals surface area contributed by atoms with E-state index in [1.165, 1.54) is 0 Å². The molecule has 2 rings (SSSR count). The third-order valence-corrected chi connectivity index (χ3v) is 3.73. The number of halogens is 3. The number of aliphatic hydroxyl groups excluding tert-OH is 2. The van der Waals surface area contributed by atoms with Gasteiger partial charge >= 0.3 is 12.1 Å². The summed E-state index contributed by atoms with van der Waals surface area (Å²) in [4.78, 5) is 10.7. The Morgan fingerprint density at radius 3 is 2.69 bits per heavy atom. The van der Waals surface area contributed by atoms with Crippen LogP contribution in [0.15, 0.2) is 47.6 Å². The van der Waals surface area contributed by atoms with Gasteiger partial charge in [-0.1, -0.05) is 36.1 Å². The fraction of sp³-hybridized carbons (Fsp3) is 0.389. The molecule has 0 aromatic carbocycles. The molecule has 1 heterocycles. The summed E-state index contributed by atoms with van der Waals surface area (Å²) in [6.07, 6.45) is 3.99. The quantitative estimate of drug-likeness (QED) is 0.653. The number of carbonyl (C=O) groups excluding carboxylic acids is 1. The van der Waals surface area contributed by atoms with E-state index in [1.807, 2.05) is 0 Å². The van der Waals surface area contributed by atoms with Gasteiger partial charge in [-0.15, -0.1) is 0 Å². The summed E-state index contributed by atoms with van der Waals surface area (Å²) in [7, 11) is 0. The lowest BCUT2D eigenvalue weighted by atomic mass is 10.0. The Hall–Kier alpha value is -2.34. The standard InChI is InChI=1S/C18H18F3NO4/c19-18(20,21)17(25)22-9-3-5-12-4-1-2-6-13(8-7-12)15-10-14(24)16(11-23)26-15/h1-2,4,6-8,14-16,23-24H,9-11H2,(H,22,25)/b2-1-,4-1?,6-2?,8-7?,12-4?,12-7?,13-6+,13-8?/t14?,15-,16-/m1/s1. The van der Waals surface area contributed by atoms with Crippen LogP contribution in [0.3, 0.4) is 0 Å². The number of nitrogens with one attached hydrogen (secondary N) is 1. The molecule has 0 aromatic heterocycles. The molecule has 0 spiro atoms. The first-order chi connectivity index (χ1) is 12.3. The number of aliphatic hydroxyl groups is 2. The van der Waals surface area contributed by atoms with Crippen molar-refractivity contribution in [2.75, 3.05) is 13.2 Å². The lowest BCUT2D eigenvalue weighted by molar-refractivity contribution is -0.173. The highest BCUT2D eigenvalue weighted by molar-refractivity contribution is 5.81. The molecule has 5 nitrogen and oxygen atoms in total. The molecule has 1 fully saturated rings. The van der Waals surface area contributed by atoms with E-state index in [2.05, 4.69) is 11.8 Å². The number of alkyl halides is 3. The molecule has 1 aliphatic heterocycles. The van der Waals surface area contributed by atoms with E-state index in [1.54, 1.807) is 41.8 Å². The summed E-state index contributed by atoms with van der Waals surface area (Å²) in [5, 5.41) is 20.6. The second-order valence-electron chi connectivity index (χ2n) is 5.64. The highest BCUT2D eigenvalue weighted by atomic mass is 19.4. The topological polar surface area (TPSA) is 78.8 Å². The van der Waals surface area contributed by atoms with Crippen molar-refractivity contribution in [3.8, 4) is 11.8 Å². The molecule has 0 bridgehead atoms. The van der Waals surface area contributed by atoms with Crippen molar-refractivity contribution in [1.82, 2.24) is 5.32 Å². The fourth-order valence-corrected chi connectivity index (χ4v) is 2.40. The van der Waals surface area contributed by atoms with Crippen molar-refractivity contribution in [2.24, 2.45) is 0 Å². The molecule has 140 valence electrons. The summed E-state index contributed by atoms with van der Waals surface area (Å²) < 4.78 is 41.8. The van der Waals surface area contributed by atoms with Gasteiger partial charge in [0.25, 0.3) is 0 Å². The number of allylic oxidation sites excluding steroid dienone is 6. The average Bonchev–Trinajstić information content (AvgIpc) is 2.93. The Morgan fingerprint density at radius 2 is 2.04 bits per heavy atom.